The average molecular weight is 186 g/mol. The van der Waals surface area contributed by atoms with Crippen LogP contribution in [0.5, 0.6) is 0 Å². The molecular weight excluding hydrogens is 168 g/mol. The second-order valence-corrected chi connectivity index (χ2v) is 5.37. The van der Waals surface area contributed by atoms with E-state index in [-0.39, 0.29) is 0 Å². The monoisotopic (exact) mass is 186 g/mol. The van der Waals surface area contributed by atoms with Crippen LogP contribution < -0.4 is 0 Å². The van der Waals surface area contributed by atoms with Crippen molar-refractivity contribution < 1.29 is 4.79 Å². The predicted octanol–water partition coefficient (Wildman–Crippen LogP) is 2.89. The molecule has 0 saturated heterocycles. The van der Waals surface area contributed by atoms with Gasteiger partial charge in [0, 0.05) is 22.8 Å². The Labute approximate surface area is 79.3 Å². The topological polar surface area (TPSA) is 17.1 Å². The molecule has 0 aromatic rings. The number of hydrogen-bond acceptors (Lipinski definition) is 2. The van der Waals surface area contributed by atoms with Gasteiger partial charge in [0.15, 0.2) is 0 Å². The smallest absolute Gasteiger partial charge is 0.136 e. The van der Waals surface area contributed by atoms with Crippen molar-refractivity contribution in [3.8, 4) is 0 Å². The van der Waals surface area contributed by atoms with Crippen molar-refractivity contribution in [2.24, 2.45) is 5.92 Å². The van der Waals surface area contributed by atoms with Crippen molar-refractivity contribution in [1.29, 1.82) is 0 Å². The molecule has 1 fully saturated rings. The van der Waals surface area contributed by atoms with Gasteiger partial charge in [-0.1, -0.05) is 20.8 Å². The summed E-state index contributed by atoms with van der Waals surface area (Å²) in [6.45, 7) is 6.54. The van der Waals surface area contributed by atoms with Crippen LogP contribution >= 0.6 is 11.8 Å². The van der Waals surface area contributed by atoms with Gasteiger partial charge in [0.2, 0.25) is 0 Å². The highest BCUT2D eigenvalue weighted by molar-refractivity contribution is 8.00. The van der Waals surface area contributed by atoms with E-state index in [0.29, 0.717) is 22.2 Å². The van der Waals surface area contributed by atoms with E-state index in [2.05, 4.69) is 20.8 Å². The zero-order valence-electron chi connectivity index (χ0n) is 8.17. The lowest BCUT2D eigenvalue weighted by Gasteiger charge is -2.17. The van der Waals surface area contributed by atoms with Crippen LogP contribution in [0.2, 0.25) is 0 Å². The zero-order valence-corrected chi connectivity index (χ0v) is 8.99. The fourth-order valence-electron chi connectivity index (χ4n) is 1.55. The minimum absolute atomic E-state index is 0.309. The van der Waals surface area contributed by atoms with Crippen LogP contribution in [0.25, 0.3) is 0 Å². The number of Topliss-reactive ketones (excluding diaryl/α,β-unsaturated/α-hetero) is 1. The first-order chi connectivity index (χ1) is 5.65. The Hall–Kier alpha value is 0.0200. The molecule has 0 bridgehead atoms. The van der Waals surface area contributed by atoms with Gasteiger partial charge in [-0.3, -0.25) is 4.79 Å². The van der Waals surface area contributed by atoms with Crippen molar-refractivity contribution >= 4 is 17.5 Å². The van der Waals surface area contributed by atoms with Crippen molar-refractivity contribution in [2.45, 2.75) is 50.5 Å². The van der Waals surface area contributed by atoms with Crippen LogP contribution in [0.15, 0.2) is 0 Å². The third kappa shape index (κ3) is 2.25. The summed E-state index contributed by atoms with van der Waals surface area (Å²) in [6, 6.07) is 0. The van der Waals surface area contributed by atoms with Gasteiger partial charge < -0.3 is 0 Å². The summed E-state index contributed by atoms with van der Waals surface area (Å²) < 4.78 is 0. The summed E-state index contributed by atoms with van der Waals surface area (Å²) >= 11 is 2.00. The van der Waals surface area contributed by atoms with E-state index in [1.807, 2.05) is 11.8 Å². The quantitative estimate of drug-likeness (QED) is 0.674. The summed E-state index contributed by atoms with van der Waals surface area (Å²) in [5.74, 6) is 0.778. The number of carbonyl (C=O) groups excluding carboxylic acids is 1. The largest absolute Gasteiger partial charge is 0.299 e. The van der Waals surface area contributed by atoms with Crippen molar-refractivity contribution in [3.63, 3.8) is 0 Å². The number of thioether (sulfide) groups is 1. The maximum atomic E-state index is 11.2. The molecule has 0 spiro atoms. The molecule has 0 aliphatic heterocycles. The van der Waals surface area contributed by atoms with Crippen LogP contribution in [0.3, 0.4) is 0 Å². The molecule has 12 heavy (non-hydrogen) atoms. The fourth-order valence-corrected chi connectivity index (χ4v) is 2.98. The Kier molecular flexibility index (Phi) is 3.63. The average Bonchev–Trinajstić information content (AvgIpc) is 2.36. The molecule has 70 valence electrons. The van der Waals surface area contributed by atoms with E-state index in [0.717, 1.165) is 12.8 Å². The summed E-state index contributed by atoms with van der Waals surface area (Å²) in [7, 11) is 0. The van der Waals surface area contributed by atoms with Crippen LogP contribution in [-0.2, 0) is 4.79 Å². The van der Waals surface area contributed by atoms with E-state index in [1.54, 1.807) is 0 Å². The van der Waals surface area contributed by atoms with Crippen LogP contribution in [0.1, 0.15) is 40.0 Å². The zero-order chi connectivity index (χ0) is 9.14. The van der Waals surface area contributed by atoms with Crippen LogP contribution in [0.4, 0.5) is 0 Å². The van der Waals surface area contributed by atoms with E-state index in [4.69, 9.17) is 0 Å². The molecule has 1 rings (SSSR count). The molecule has 0 N–H and O–H groups in total. The summed E-state index contributed by atoms with van der Waals surface area (Å²) in [4.78, 5) is 11.2. The molecule has 1 aliphatic rings. The highest BCUT2D eigenvalue weighted by atomic mass is 32.2. The van der Waals surface area contributed by atoms with Gasteiger partial charge >= 0.3 is 0 Å². The molecule has 0 heterocycles. The number of rotatable bonds is 3. The third-order valence-corrected chi connectivity index (χ3v) is 4.51. The van der Waals surface area contributed by atoms with Crippen molar-refractivity contribution in [3.05, 3.63) is 0 Å². The van der Waals surface area contributed by atoms with Crippen molar-refractivity contribution in [1.82, 2.24) is 0 Å². The summed E-state index contributed by atoms with van der Waals surface area (Å²) in [6.07, 6.45) is 3.13. The Morgan fingerprint density at radius 3 is 2.75 bits per heavy atom. The van der Waals surface area contributed by atoms with E-state index in [9.17, 15) is 4.79 Å². The van der Waals surface area contributed by atoms with E-state index >= 15 is 0 Å². The Morgan fingerprint density at radius 1 is 1.67 bits per heavy atom. The van der Waals surface area contributed by atoms with Crippen LogP contribution in [-0.4, -0.2) is 16.3 Å². The maximum absolute atomic E-state index is 11.2. The number of ketones is 1. The van der Waals surface area contributed by atoms with Gasteiger partial charge in [0.05, 0.1) is 0 Å². The van der Waals surface area contributed by atoms with E-state index in [1.165, 1.54) is 6.42 Å². The van der Waals surface area contributed by atoms with Crippen LogP contribution in [0, 0.1) is 5.92 Å². The highest BCUT2D eigenvalue weighted by Gasteiger charge is 2.31. The maximum Gasteiger partial charge on any atom is 0.136 e. The predicted molar refractivity (Wildman–Crippen MR) is 54.5 cm³/mol. The molecule has 0 aromatic carbocycles. The minimum Gasteiger partial charge on any atom is -0.299 e. The highest BCUT2D eigenvalue weighted by Crippen LogP contribution is 2.35. The molecule has 0 radical (unpaired) electrons. The molecule has 0 aromatic heterocycles. The van der Waals surface area contributed by atoms with Gasteiger partial charge in [-0.05, 0) is 12.8 Å². The standard InChI is InChI=1S/C10H18OS/c1-4-7(2)12-10-6-5-9(11)8(10)3/h7-8,10H,4-6H2,1-3H3. The van der Waals surface area contributed by atoms with Gasteiger partial charge in [-0.25, -0.2) is 0 Å². The Morgan fingerprint density at radius 2 is 2.33 bits per heavy atom. The first kappa shape index (κ1) is 10.1. The third-order valence-electron chi connectivity index (χ3n) is 2.72. The lowest BCUT2D eigenvalue weighted by atomic mass is 10.1. The summed E-state index contributed by atoms with van der Waals surface area (Å²) in [5.41, 5.74) is 0. The van der Waals surface area contributed by atoms with Crippen molar-refractivity contribution in [2.75, 3.05) is 0 Å². The molecular formula is C10H18OS. The molecule has 0 amide bonds. The Bertz CT molecular complexity index is 167. The second-order valence-electron chi connectivity index (χ2n) is 3.69. The van der Waals surface area contributed by atoms with E-state index < -0.39 is 0 Å². The molecule has 1 saturated carbocycles. The SMILES string of the molecule is CCC(C)SC1CCC(=O)C1C. The molecule has 3 unspecified atom stereocenters. The first-order valence-electron chi connectivity index (χ1n) is 4.83. The molecule has 2 heteroatoms. The summed E-state index contributed by atoms with van der Waals surface area (Å²) in [5, 5.41) is 1.32. The molecule has 3 atom stereocenters. The normalized spacial score (nSPS) is 32.4. The fraction of sp³-hybridized carbons (Fsp3) is 0.900. The molecule has 1 aliphatic carbocycles. The lowest BCUT2D eigenvalue weighted by Crippen LogP contribution is -2.15. The second kappa shape index (κ2) is 4.31. The van der Waals surface area contributed by atoms with Gasteiger partial charge in [-0.2, -0.15) is 11.8 Å². The van der Waals surface area contributed by atoms with Gasteiger partial charge in [-0.15, -0.1) is 0 Å². The minimum atomic E-state index is 0.309. The lowest BCUT2D eigenvalue weighted by molar-refractivity contribution is -0.120. The van der Waals surface area contributed by atoms with Gasteiger partial charge in [0.1, 0.15) is 5.78 Å². The molecule has 1 nitrogen and oxygen atoms in total. The Balaban J connectivity index is 2.38. The number of carbonyl (C=O) groups is 1. The van der Waals surface area contributed by atoms with Gasteiger partial charge in [0.25, 0.3) is 0 Å². The number of hydrogen-bond donors (Lipinski definition) is 0. The first-order valence-corrected chi connectivity index (χ1v) is 5.77.